The summed E-state index contributed by atoms with van der Waals surface area (Å²) < 4.78 is 0. The summed E-state index contributed by atoms with van der Waals surface area (Å²) in [6.45, 7) is 9.34. The second-order valence-corrected chi connectivity index (χ2v) is 6.71. The molecule has 1 N–H and O–H groups in total. The van der Waals surface area contributed by atoms with E-state index < -0.39 is 0 Å². The summed E-state index contributed by atoms with van der Waals surface area (Å²) in [5.41, 5.74) is 0. The van der Waals surface area contributed by atoms with Gasteiger partial charge in [-0.3, -0.25) is 4.90 Å². The van der Waals surface area contributed by atoms with E-state index >= 15 is 0 Å². The van der Waals surface area contributed by atoms with E-state index in [2.05, 4.69) is 30.7 Å². The zero-order valence-electron chi connectivity index (χ0n) is 12.3. The van der Waals surface area contributed by atoms with E-state index in [4.69, 9.17) is 0 Å². The van der Waals surface area contributed by atoms with Crippen LogP contribution in [0.15, 0.2) is 0 Å². The predicted molar refractivity (Wildman–Crippen MR) is 75.7 cm³/mol. The molecule has 2 aliphatic rings. The molecule has 2 rings (SSSR count). The molecular weight excluding hydrogens is 224 g/mol. The van der Waals surface area contributed by atoms with Crippen LogP contribution >= 0.6 is 0 Å². The summed E-state index contributed by atoms with van der Waals surface area (Å²) in [6.07, 6.45) is 4.62. The SMILES string of the molecule is CC1CCC(O)C(CN2CCCN(C)CC2C)C1. The highest BCUT2D eigenvalue weighted by Crippen LogP contribution is 2.30. The lowest BCUT2D eigenvalue weighted by Gasteiger charge is -2.37. The number of hydrogen-bond acceptors (Lipinski definition) is 3. The quantitative estimate of drug-likeness (QED) is 0.814. The van der Waals surface area contributed by atoms with Crippen LogP contribution in [0.3, 0.4) is 0 Å². The van der Waals surface area contributed by atoms with Gasteiger partial charge < -0.3 is 10.0 Å². The third kappa shape index (κ3) is 3.69. The molecule has 0 radical (unpaired) electrons. The van der Waals surface area contributed by atoms with Crippen molar-refractivity contribution >= 4 is 0 Å². The van der Waals surface area contributed by atoms with Crippen LogP contribution in [0.4, 0.5) is 0 Å². The van der Waals surface area contributed by atoms with Gasteiger partial charge in [-0.2, -0.15) is 0 Å². The van der Waals surface area contributed by atoms with Crippen molar-refractivity contribution in [1.82, 2.24) is 9.80 Å². The molecule has 1 saturated carbocycles. The minimum Gasteiger partial charge on any atom is -0.393 e. The molecule has 1 heterocycles. The van der Waals surface area contributed by atoms with Gasteiger partial charge in [0.15, 0.2) is 0 Å². The van der Waals surface area contributed by atoms with Crippen molar-refractivity contribution in [2.75, 3.05) is 33.2 Å². The van der Waals surface area contributed by atoms with Crippen LogP contribution in [-0.2, 0) is 0 Å². The maximum atomic E-state index is 10.2. The maximum Gasteiger partial charge on any atom is 0.0580 e. The molecule has 1 aliphatic carbocycles. The molecule has 3 heteroatoms. The normalized spacial score (nSPS) is 40.7. The van der Waals surface area contributed by atoms with Crippen LogP contribution in [0.2, 0.25) is 0 Å². The molecule has 18 heavy (non-hydrogen) atoms. The fourth-order valence-electron chi connectivity index (χ4n) is 3.67. The summed E-state index contributed by atoms with van der Waals surface area (Å²) >= 11 is 0. The first kappa shape index (κ1) is 14.3. The Labute approximate surface area is 112 Å². The molecule has 2 fully saturated rings. The highest BCUT2D eigenvalue weighted by Gasteiger charge is 2.30. The first-order chi connectivity index (χ1) is 8.56. The number of likely N-dealkylation sites (N-methyl/N-ethyl adjacent to an activating group) is 1. The van der Waals surface area contributed by atoms with Crippen molar-refractivity contribution in [3.63, 3.8) is 0 Å². The number of hydrogen-bond donors (Lipinski definition) is 1. The Hall–Kier alpha value is -0.120. The average Bonchev–Trinajstić information content (AvgIpc) is 2.46. The van der Waals surface area contributed by atoms with Crippen LogP contribution in [0.25, 0.3) is 0 Å². The maximum absolute atomic E-state index is 10.2. The van der Waals surface area contributed by atoms with E-state index in [0.29, 0.717) is 12.0 Å². The molecule has 0 aromatic heterocycles. The van der Waals surface area contributed by atoms with Crippen LogP contribution in [0, 0.1) is 11.8 Å². The average molecular weight is 254 g/mol. The number of nitrogens with zero attached hydrogens (tertiary/aromatic N) is 2. The third-order valence-corrected chi connectivity index (χ3v) is 4.86. The summed E-state index contributed by atoms with van der Waals surface area (Å²) in [5, 5.41) is 10.2. The Balaban J connectivity index is 1.90. The van der Waals surface area contributed by atoms with E-state index in [1.165, 1.54) is 38.9 Å². The van der Waals surface area contributed by atoms with Crippen molar-refractivity contribution in [1.29, 1.82) is 0 Å². The highest BCUT2D eigenvalue weighted by molar-refractivity contribution is 4.83. The predicted octanol–water partition coefficient (Wildman–Crippen LogP) is 1.81. The zero-order valence-corrected chi connectivity index (χ0v) is 12.3. The van der Waals surface area contributed by atoms with Crippen molar-refractivity contribution in [3.8, 4) is 0 Å². The van der Waals surface area contributed by atoms with E-state index in [1.54, 1.807) is 0 Å². The Kier molecular flexibility index (Phi) is 5.05. The van der Waals surface area contributed by atoms with Gasteiger partial charge in [0.05, 0.1) is 6.10 Å². The van der Waals surface area contributed by atoms with Crippen LogP contribution in [-0.4, -0.2) is 60.3 Å². The van der Waals surface area contributed by atoms with Crippen molar-refractivity contribution < 1.29 is 5.11 Å². The Morgan fingerprint density at radius 3 is 2.72 bits per heavy atom. The summed E-state index contributed by atoms with van der Waals surface area (Å²) in [5.74, 6) is 1.29. The Morgan fingerprint density at radius 2 is 1.94 bits per heavy atom. The fourth-order valence-corrected chi connectivity index (χ4v) is 3.67. The summed E-state index contributed by atoms with van der Waals surface area (Å²) in [7, 11) is 2.22. The van der Waals surface area contributed by atoms with E-state index in [1.807, 2.05) is 0 Å². The first-order valence-electron chi connectivity index (χ1n) is 7.67. The van der Waals surface area contributed by atoms with Gasteiger partial charge in [-0.05, 0) is 64.6 Å². The van der Waals surface area contributed by atoms with Gasteiger partial charge in [-0.15, -0.1) is 0 Å². The minimum absolute atomic E-state index is 0.0608. The van der Waals surface area contributed by atoms with E-state index in [9.17, 15) is 5.11 Å². The molecule has 3 nitrogen and oxygen atoms in total. The summed E-state index contributed by atoms with van der Waals surface area (Å²) in [6, 6.07) is 0.627. The van der Waals surface area contributed by atoms with Gasteiger partial charge >= 0.3 is 0 Å². The molecule has 4 unspecified atom stereocenters. The molecule has 0 aromatic rings. The van der Waals surface area contributed by atoms with Gasteiger partial charge in [0.25, 0.3) is 0 Å². The van der Waals surface area contributed by atoms with E-state index in [0.717, 1.165) is 18.9 Å². The minimum atomic E-state index is -0.0608. The third-order valence-electron chi connectivity index (χ3n) is 4.86. The van der Waals surface area contributed by atoms with Gasteiger partial charge in [-0.1, -0.05) is 6.92 Å². The van der Waals surface area contributed by atoms with Crippen molar-refractivity contribution in [2.24, 2.45) is 11.8 Å². The van der Waals surface area contributed by atoms with Gasteiger partial charge in [0, 0.05) is 19.1 Å². The summed E-state index contributed by atoms with van der Waals surface area (Å²) in [4.78, 5) is 5.04. The van der Waals surface area contributed by atoms with Crippen LogP contribution in [0.5, 0.6) is 0 Å². The topological polar surface area (TPSA) is 26.7 Å². The number of aliphatic hydroxyl groups excluding tert-OH is 1. The lowest BCUT2D eigenvalue weighted by Crippen LogP contribution is -2.44. The van der Waals surface area contributed by atoms with Crippen molar-refractivity contribution in [3.05, 3.63) is 0 Å². The molecule has 106 valence electrons. The molecule has 0 bridgehead atoms. The Bertz CT molecular complexity index is 259. The molecule has 1 aliphatic heterocycles. The van der Waals surface area contributed by atoms with E-state index in [-0.39, 0.29) is 6.10 Å². The molecular formula is C15H30N2O. The molecule has 0 spiro atoms. The Morgan fingerprint density at radius 1 is 1.17 bits per heavy atom. The van der Waals surface area contributed by atoms with Gasteiger partial charge in [0.2, 0.25) is 0 Å². The van der Waals surface area contributed by atoms with Crippen LogP contribution < -0.4 is 0 Å². The van der Waals surface area contributed by atoms with Gasteiger partial charge in [-0.25, -0.2) is 0 Å². The number of rotatable bonds is 2. The van der Waals surface area contributed by atoms with Gasteiger partial charge in [0.1, 0.15) is 0 Å². The molecule has 0 aromatic carbocycles. The second-order valence-electron chi connectivity index (χ2n) is 6.71. The van der Waals surface area contributed by atoms with Crippen LogP contribution in [0.1, 0.15) is 39.5 Å². The monoisotopic (exact) mass is 254 g/mol. The standard InChI is InChI=1S/C15H30N2O/c1-12-5-6-15(18)14(9-12)11-17-8-4-7-16(3)10-13(17)2/h12-15,18H,4-11H2,1-3H3. The molecule has 1 saturated heterocycles. The largest absolute Gasteiger partial charge is 0.393 e. The zero-order chi connectivity index (χ0) is 13.1. The molecule has 0 amide bonds. The fraction of sp³-hybridized carbons (Fsp3) is 1.00. The number of aliphatic hydroxyl groups is 1. The highest BCUT2D eigenvalue weighted by atomic mass is 16.3. The van der Waals surface area contributed by atoms with Crippen molar-refractivity contribution in [2.45, 2.75) is 51.7 Å². The smallest absolute Gasteiger partial charge is 0.0580 e. The second kappa shape index (κ2) is 6.36. The lowest BCUT2D eigenvalue weighted by molar-refractivity contribution is 0.0237. The molecule has 4 atom stereocenters. The first-order valence-corrected chi connectivity index (χ1v) is 7.67. The lowest BCUT2D eigenvalue weighted by atomic mass is 9.80.